The number of anilines is 2. The number of hydrogen-bond donors (Lipinski definition) is 1. The molecule has 2 aromatic rings. The van der Waals surface area contributed by atoms with E-state index in [9.17, 15) is 9.65 Å². The number of nitrogen functional groups attached to an aromatic ring is 1. The van der Waals surface area contributed by atoms with Crippen molar-refractivity contribution in [2.75, 3.05) is 43.5 Å². The van der Waals surface area contributed by atoms with E-state index in [4.69, 9.17) is 29.9 Å². The van der Waals surface area contributed by atoms with Crippen LogP contribution in [0.1, 0.15) is 85.7 Å². The minimum atomic E-state index is -0.814. The second-order valence-electron chi connectivity index (χ2n) is 13.4. The highest BCUT2D eigenvalue weighted by atomic mass is 19.1. The Hall–Kier alpha value is -3.00. The van der Waals surface area contributed by atoms with Crippen molar-refractivity contribution in [3.8, 4) is 12.1 Å². The third kappa shape index (κ3) is 3.96. The SMILES string of the molecule is C[C@H]1CC[C@]2(Cc3nc(OCC45CCCN4C[C@H](F)C5)nc(N4CCC5OCC[C@@H]54)c3CO2)c2c1ccc(N)c2C#N. The van der Waals surface area contributed by atoms with Crippen molar-refractivity contribution < 1.29 is 18.6 Å². The summed E-state index contributed by atoms with van der Waals surface area (Å²) in [5.74, 6) is 1.18. The Balaban J connectivity index is 1.19. The fraction of sp³-hybridized carbons (Fsp3) is 0.656. The number of nitriles is 1. The molecule has 5 aliphatic heterocycles. The average Bonchev–Trinajstić information content (AvgIpc) is 3.75. The Bertz CT molecular complexity index is 1460. The molecule has 4 fully saturated rings. The van der Waals surface area contributed by atoms with Gasteiger partial charge in [-0.1, -0.05) is 13.0 Å². The normalized spacial score (nSPS) is 35.1. The summed E-state index contributed by atoms with van der Waals surface area (Å²) < 4.78 is 33.8. The molecule has 6 heterocycles. The molecule has 1 aliphatic carbocycles. The number of rotatable bonds is 4. The van der Waals surface area contributed by atoms with E-state index < -0.39 is 11.8 Å². The molecule has 1 aromatic carbocycles. The molecule has 0 bridgehead atoms. The Labute approximate surface area is 246 Å². The van der Waals surface area contributed by atoms with Crippen LogP contribution in [0, 0.1) is 11.3 Å². The Morgan fingerprint density at radius 2 is 2.12 bits per heavy atom. The zero-order valence-corrected chi connectivity index (χ0v) is 24.3. The number of ether oxygens (including phenoxy) is 3. The smallest absolute Gasteiger partial charge is 0.318 e. The van der Waals surface area contributed by atoms with Gasteiger partial charge in [0.2, 0.25) is 0 Å². The van der Waals surface area contributed by atoms with Gasteiger partial charge in [-0.15, -0.1) is 0 Å². The first kappa shape index (κ1) is 26.6. The molecule has 1 aromatic heterocycles. The van der Waals surface area contributed by atoms with Crippen LogP contribution in [0.25, 0.3) is 0 Å². The fourth-order valence-electron chi connectivity index (χ4n) is 8.94. The third-order valence-electron chi connectivity index (χ3n) is 11.1. The minimum Gasteiger partial charge on any atom is -0.461 e. The second-order valence-corrected chi connectivity index (χ2v) is 13.4. The van der Waals surface area contributed by atoms with E-state index in [0.717, 1.165) is 86.4 Å². The fourth-order valence-corrected chi connectivity index (χ4v) is 8.94. The van der Waals surface area contributed by atoms with Crippen molar-refractivity contribution in [1.29, 1.82) is 5.26 Å². The van der Waals surface area contributed by atoms with Gasteiger partial charge in [0.15, 0.2) is 0 Å². The average molecular weight is 575 g/mol. The third-order valence-corrected chi connectivity index (χ3v) is 11.1. The number of alkyl halides is 1. The number of benzene rings is 1. The maximum atomic E-state index is 14.5. The van der Waals surface area contributed by atoms with Crippen LogP contribution in [0.4, 0.5) is 15.9 Å². The maximum absolute atomic E-state index is 14.5. The number of aromatic nitrogens is 2. The standard InChI is InChI=1S/C32H39FN6O3/c1-19-5-9-32(28-21(19)3-4-24(35)22(28)15-34)14-25-23(17-42-32)29(39-11-6-27-26(39)7-12-40-27)37-30(36-25)41-18-31-8-2-10-38(31)16-20(33)13-31/h3-4,19-20,26-27H,2,5-14,16-18,35H2,1H3/t19-,20+,26-,27?,31?,32-/m0/s1. The van der Waals surface area contributed by atoms with Gasteiger partial charge in [-0.25, -0.2) is 4.39 Å². The van der Waals surface area contributed by atoms with Gasteiger partial charge in [0.25, 0.3) is 0 Å². The first-order chi connectivity index (χ1) is 20.4. The number of fused-ring (bicyclic) bond motifs is 5. The minimum absolute atomic E-state index is 0.217. The van der Waals surface area contributed by atoms with E-state index in [2.05, 4.69) is 28.9 Å². The quantitative estimate of drug-likeness (QED) is 0.540. The molecule has 0 saturated carbocycles. The van der Waals surface area contributed by atoms with Crippen molar-refractivity contribution >= 4 is 11.5 Å². The number of hydrogen-bond acceptors (Lipinski definition) is 9. The Morgan fingerprint density at radius 1 is 1.21 bits per heavy atom. The highest BCUT2D eigenvalue weighted by molar-refractivity contribution is 5.64. The lowest BCUT2D eigenvalue weighted by molar-refractivity contribution is -0.0873. The number of nitrogens with zero attached hydrogens (tertiary/aromatic N) is 5. The molecule has 42 heavy (non-hydrogen) atoms. The Morgan fingerprint density at radius 3 is 3.00 bits per heavy atom. The van der Waals surface area contributed by atoms with Gasteiger partial charge < -0.3 is 24.8 Å². The summed E-state index contributed by atoms with van der Waals surface area (Å²) in [4.78, 5) is 14.7. The van der Waals surface area contributed by atoms with Crippen LogP contribution < -0.4 is 15.4 Å². The predicted molar refractivity (Wildman–Crippen MR) is 154 cm³/mol. The lowest BCUT2D eigenvalue weighted by Gasteiger charge is -2.45. The van der Waals surface area contributed by atoms with Crippen LogP contribution in [0.3, 0.4) is 0 Å². The highest BCUT2D eigenvalue weighted by Gasteiger charge is 2.50. The van der Waals surface area contributed by atoms with Gasteiger partial charge in [-0.3, -0.25) is 4.90 Å². The van der Waals surface area contributed by atoms with Crippen LogP contribution in [-0.2, 0) is 28.1 Å². The first-order valence-corrected chi connectivity index (χ1v) is 15.7. The summed E-state index contributed by atoms with van der Waals surface area (Å²) in [6.07, 6.45) is 6.10. The van der Waals surface area contributed by atoms with E-state index in [1.165, 1.54) is 0 Å². The molecule has 2 N–H and O–H groups in total. The van der Waals surface area contributed by atoms with Crippen LogP contribution in [0.5, 0.6) is 6.01 Å². The molecule has 2 unspecified atom stereocenters. The van der Waals surface area contributed by atoms with E-state index in [-0.39, 0.29) is 17.7 Å². The molecule has 8 rings (SSSR count). The van der Waals surface area contributed by atoms with Gasteiger partial charge in [0, 0.05) is 49.4 Å². The molecule has 0 amide bonds. The highest BCUT2D eigenvalue weighted by Crippen LogP contribution is 2.51. The van der Waals surface area contributed by atoms with Gasteiger partial charge in [-0.2, -0.15) is 15.2 Å². The molecular formula is C32H39FN6O3. The molecule has 9 nitrogen and oxygen atoms in total. The van der Waals surface area contributed by atoms with Crippen molar-refractivity contribution in [3.05, 3.63) is 40.1 Å². The molecule has 1 spiro atoms. The van der Waals surface area contributed by atoms with Gasteiger partial charge >= 0.3 is 6.01 Å². The van der Waals surface area contributed by atoms with Gasteiger partial charge in [-0.05, 0) is 62.6 Å². The van der Waals surface area contributed by atoms with Gasteiger partial charge in [0.05, 0.1) is 35.5 Å². The van der Waals surface area contributed by atoms with Crippen molar-refractivity contribution in [3.63, 3.8) is 0 Å². The lowest BCUT2D eigenvalue weighted by Crippen LogP contribution is -2.44. The van der Waals surface area contributed by atoms with E-state index in [1.807, 2.05) is 6.07 Å². The summed E-state index contributed by atoms with van der Waals surface area (Å²) in [5, 5.41) is 10.2. The Kier molecular flexibility index (Phi) is 6.19. The summed E-state index contributed by atoms with van der Waals surface area (Å²) in [6.45, 7) is 5.97. The summed E-state index contributed by atoms with van der Waals surface area (Å²) in [5.41, 5.74) is 10.3. The van der Waals surface area contributed by atoms with Crippen molar-refractivity contribution in [2.24, 2.45) is 0 Å². The molecule has 4 saturated heterocycles. The molecular weight excluding hydrogens is 535 g/mol. The number of nitrogens with two attached hydrogens (primary N) is 1. The zero-order valence-electron chi connectivity index (χ0n) is 24.3. The van der Waals surface area contributed by atoms with Crippen LogP contribution in [0.2, 0.25) is 0 Å². The van der Waals surface area contributed by atoms with Crippen molar-refractivity contribution in [1.82, 2.24) is 14.9 Å². The molecule has 222 valence electrons. The van der Waals surface area contributed by atoms with Crippen LogP contribution in [0.15, 0.2) is 12.1 Å². The second kappa shape index (κ2) is 9.76. The van der Waals surface area contributed by atoms with E-state index >= 15 is 0 Å². The van der Waals surface area contributed by atoms with Crippen molar-refractivity contribution in [2.45, 2.75) is 100 Å². The van der Waals surface area contributed by atoms with E-state index in [0.29, 0.717) is 55.8 Å². The topological polar surface area (TPSA) is 110 Å². The van der Waals surface area contributed by atoms with Crippen LogP contribution in [-0.4, -0.2) is 71.6 Å². The zero-order chi connectivity index (χ0) is 28.6. The molecule has 10 heteroatoms. The summed E-state index contributed by atoms with van der Waals surface area (Å²) in [6, 6.07) is 6.93. The monoisotopic (exact) mass is 574 g/mol. The molecule has 6 atom stereocenters. The lowest BCUT2D eigenvalue weighted by atomic mass is 9.69. The summed E-state index contributed by atoms with van der Waals surface area (Å²) >= 11 is 0. The molecule has 6 aliphatic rings. The summed E-state index contributed by atoms with van der Waals surface area (Å²) in [7, 11) is 0. The van der Waals surface area contributed by atoms with E-state index in [1.54, 1.807) is 0 Å². The molecule has 0 radical (unpaired) electrons. The van der Waals surface area contributed by atoms with Crippen LogP contribution >= 0.6 is 0 Å². The first-order valence-electron chi connectivity index (χ1n) is 15.7. The van der Waals surface area contributed by atoms with Gasteiger partial charge in [0.1, 0.15) is 30.3 Å². The number of halogens is 1. The predicted octanol–water partition coefficient (Wildman–Crippen LogP) is 4.12. The largest absolute Gasteiger partial charge is 0.461 e. The maximum Gasteiger partial charge on any atom is 0.318 e.